The summed E-state index contributed by atoms with van der Waals surface area (Å²) in [5.74, 6) is 1.25. The van der Waals surface area contributed by atoms with Crippen molar-refractivity contribution in [1.29, 1.82) is 0 Å². The van der Waals surface area contributed by atoms with Crippen LogP contribution >= 0.6 is 0 Å². The molecule has 3 saturated carbocycles. The van der Waals surface area contributed by atoms with E-state index in [1.165, 1.54) is 6.42 Å². The third-order valence-corrected chi connectivity index (χ3v) is 5.20. The van der Waals surface area contributed by atoms with Crippen molar-refractivity contribution >= 4 is 5.71 Å². The number of hydrogen-bond donors (Lipinski definition) is 3. The van der Waals surface area contributed by atoms with Crippen molar-refractivity contribution < 1.29 is 5.21 Å². The number of nitrogens with one attached hydrogen (secondary N) is 1. The molecule has 0 radical (unpaired) electrons. The zero-order valence-electron chi connectivity index (χ0n) is 11.2. The first-order chi connectivity index (χ1) is 7.96. The van der Waals surface area contributed by atoms with Crippen LogP contribution in [0.1, 0.15) is 40.0 Å². The Labute approximate surface area is 104 Å². The van der Waals surface area contributed by atoms with Crippen molar-refractivity contribution in [1.82, 2.24) is 5.32 Å². The minimum absolute atomic E-state index is 0.151. The molecule has 0 aromatic carbocycles. The summed E-state index contributed by atoms with van der Waals surface area (Å²) in [4.78, 5) is 0. The highest BCUT2D eigenvalue weighted by atomic mass is 16.4. The average Bonchev–Trinajstić information content (AvgIpc) is 2.28. The first kappa shape index (κ1) is 12.8. The molecule has 0 amide bonds. The van der Waals surface area contributed by atoms with Gasteiger partial charge in [-0.3, -0.25) is 0 Å². The minimum atomic E-state index is -0.151. The lowest BCUT2D eigenvalue weighted by atomic mass is 9.43. The number of hydrogen-bond acceptors (Lipinski definition) is 4. The highest BCUT2D eigenvalue weighted by molar-refractivity contribution is 5.95. The van der Waals surface area contributed by atoms with Gasteiger partial charge in [-0.1, -0.05) is 19.0 Å². The van der Waals surface area contributed by atoms with E-state index in [1.54, 1.807) is 0 Å². The van der Waals surface area contributed by atoms with Crippen LogP contribution in [0.3, 0.4) is 0 Å². The standard InChI is InChI=1S/C13H25N3O/c1-12(2)9-7-10(12)13(3,11(8-9)16-17)15-6-4-5-14/h9-10,15,17H,4-8,14H2,1-3H3/b16-11+/t9-,10-,13-/m0/s1. The molecule has 0 saturated heterocycles. The Kier molecular flexibility index (Phi) is 3.21. The third kappa shape index (κ3) is 1.78. The van der Waals surface area contributed by atoms with E-state index < -0.39 is 0 Å². The van der Waals surface area contributed by atoms with Gasteiger partial charge in [-0.15, -0.1) is 0 Å². The summed E-state index contributed by atoms with van der Waals surface area (Å²) < 4.78 is 0. The summed E-state index contributed by atoms with van der Waals surface area (Å²) in [7, 11) is 0. The Hall–Kier alpha value is -0.610. The molecule has 3 rings (SSSR count). The molecule has 3 atom stereocenters. The second kappa shape index (κ2) is 4.25. The predicted octanol–water partition coefficient (Wildman–Crippen LogP) is 1.58. The first-order valence-corrected chi connectivity index (χ1v) is 6.63. The second-order valence-corrected chi connectivity index (χ2v) is 6.33. The molecule has 0 aliphatic heterocycles. The highest BCUT2D eigenvalue weighted by Gasteiger charge is 2.62. The van der Waals surface area contributed by atoms with Gasteiger partial charge >= 0.3 is 0 Å². The Balaban J connectivity index is 2.15. The summed E-state index contributed by atoms with van der Waals surface area (Å²) >= 11 is 0. The molecule has 3 aliphatic rings. The van der Waals surface area contributed by atoms with Gasteiger partial charge in [-0.05, 0) is 56.5 Å². The average molecular weight is 239 g/mol. The van der Waals surface area contributed by atoms with E-state index in [-0.39, 0.29) is 5.54 Å². The van der Waals surface area contributed by atoms with Crippen LogP contribution < -0.4 is 11.1 Å². The topological polar surface area (TPSA) is 70.6 Å². The minimum Gasteiger partial charge on any atom is -0.411 e. The fourth-order valence-electron chi connectivity index (χ4n) is 3.81. The second-order valence-electron chi connectivity index (χ2n) is 6.33. The Morgan fingerprint density at radius 2 is 2.18 bits per heavy atom. The summed E-state index contributed by atoms with van der Waals surface area (Å²) in [5, 5.41) is 16.3. The van der Waals surface area contributed by atoms with E-state index >= 15 is 0 Å². The van der Waals surface area contributed by atoms with Crippen LogP contribution in [-0.2, 0) is 0 Å². The molecule has 0 spiro atoms. The molecule has 0 aromatic rings. The van der Waals surface area contributed by atoms with Crippen molar-refractivity contribution in [3.05, 3.63) is 0 Å². The summed E-state index contributed by atoms with van der Waals surface area (Å²) in [6.45, 7) is 8.45. The van der Waals surface area contributed by atoms with Gasteiger partial charge in [0.15, 0.2) is 0 Å². The maximum absolute atomic E-state index is 9.21. The zero-order valence-corrected chi connectivity index (χ0v) is 11.2. The summed E-state index contributed by atoms with van der Waals surface area (Å²) in [6.07, 6.45) is 3.13. The van der Waals surface area contributed by atoms with Crippen molar-refractivity contribution in [2.45, 2.75) is 45.6 Å². The van der Waals surface area contributed by atoms with Crippen LogP contribution in [0.25, 0.3) is 0 Å². The SMILES string of the molecule is CC1(C)[C@@H]2C/C(=N\O)[C@@](C)(NCCCN)[C@H]1C2. The molecular weight excluding hydrogens is 214 g/mol. The van der Waals surface area contributed by atoms with Gasteiger partial charge < -0.3 is 16.3 Å². The van der Waals surface area contributed by atoms with E-state index in [4.69, 9.17) is 5.73 Å². The predicted molar refractivity (Wildman–Crippen MR) is 69.3 cm³/mol. The van der Waals surface area contributed by atoms with E-state index in [9.17, 15) is 5.21 Å². The summed E-state index contributed by atoms with van der Waals surface area (Å²) in [6, 6.07) is 0. The lowest BCUT2D eigenvalue weighted by molar-refractivity contribution is -0.0733. The Bertz CT molecular complexity index is 327. The van der Waals surface area contributed by atoms with Crippen molar-refractivity contribution in [3.63, 3.8) is 0 Å². The van der Waals surface area contributed by atoms with Crippen LogP contribution in [0.15, 0.2) is 5.16 Å². The van der Waals surface area contributed by atoms with E-state index in [0.29, 0.717) is 23.8 Å². The smallest absolute Gasteiger partial charge is 0.0774 e. The Morgan fingerprint density at radius 1 is 1.47 bits per heavy atom. The largest absolute Gasteiger partial charge is 0.411 e. The molecule has 3 aliphatic carbocycles. The van der Waals surface area contributed by atoms with Gasteiger partial charge in [0.25, 0.3) is 0 Å². The molecule has 0 aromatic heterocycles. The number of nitrogens with two attached hydrogens (primary N) is 1. The number of rotatable bonds is 4. The van der Waals surface area contributed by atoms with Crippen molar-refractivity contribution in [2.24, 2.45) is 28.1 Å². The van der Waals surface area contributed by atoms with Crippen LogP contribution in [0.2, 0.25) is 0 Å². The quantitative estimate of drug-likeness (QED) is 0.396. The van der Waals surface area contributed by atoms with Gasteiger partial charge in [0.1, 0.15) is 0 Å². The summed E-state index contributed by atoms with van der Waals surface area (Å²) in [5.41, 5.74) is 6.67. The van der Waals surface area contributed by atoms with Crippen molar-refractivity contribution in [3.8, 4) is 0 Å². The molecule has 4 N–H and O–H groups in total. The van der Waals surface area contributed by atoms with E-state index in [0.717, 1.165) is 25.1 Å². The molecule has 3 fully saturated rings. The third-order valence-electron chi connectivity index (χ3n) is 5.20. The number of fused-ring (bicyclic) bond motifs is 2. The molecule has 98 valence electrons. The molecule has 4 heteroatoms. The molecule has 4 nitrogen and oxygen atoms in total. The van der Waals surface area contributed by atoms with Gasteiger partial charge in [0.05, 0.1) is 11.3 Å². The molecule has 0 unspecified atom stereocenters. The maximum Gasteiger partial charge on any atom is 0.0774 e. The van der Waals surface area contributed by atoms with Crippen LogP contribution in [0.5, 0.6) is 0 Å². The van der Waals surface area contributed by atoms with Gasteiger partial charge in [0, 0.05) is 0 Å². The monoisotopic (exact) mass is 239 g/mol. The first-order valence-electron chi connectivity index (χ1n) is 6.63. The molecule has 17 heavy (non-hydrogen) atoms. The van der Waals surface area contributed by atoms with Gasteiger partial charge in [-0.25, -0.2) is 0 Å². The fourth-order valence-corrected chi connectivity index (χ4v) is 3.81. The lowest BCUT2D eigenvalue weighted by Crippen LogP contribution is -2.70. The molecule has 0 heterocycles. The van der Waals surface area contributed by atoms with Gasteiger partial charge in [0.2, 0.25) is 0 Å². The zero-order chi connectivity index (χ0) is 12.7. The van der Waals surface area contributed by atoms with E-state index in [1.807, 2.05) is 0 Å². The maximum atomic E-state index is 9.21. The molecular formula is C13H25N3O. The highest BCUT2D eigenvalue weighted by Crippen LogP contribution is 2.61. The van der Waals surface area contributed by atoms with Crippen molar-refractivity contribution in [2.75, 3.05) is 13.1 Å². The fraction of sp³-hybridized carbons (Fsp3) is 0.923. The molecule has 2 bridgehead atoms. The lowest BCUT2D eigenvalue weighted by Gasteiger charge is -2.64. The van der Waals surface area contributed by atoms with Crippen LogP contribution in [-0.4, -0.2) is 29.5 Å². The number of oxime groups is 1. The number of nitrogens with zero attached hydrogens (tertiary/aromatic N) is 1. The van der Waals surface area contributed by atoms with Crippen LogP contribution in [0, 0.1) is 17.3 Å². The Morgan fingerprint density at radius 3 is 2.71 bits per heavy atom. The van der Waals surface area contributed by atoms with Crippen LogP contribution in [0.4, 0.5) is 0 Å². The van der Waals surface area contributed by atoms with Gasteiger partial charge in [-0.2, -0.15) is 0 Å². The normalized spacial score (nSPS) is 41.3. The van der Waals surface area contributed by atoms with E-state index in [2.05, 4.69) is 31.2 Å².